The second-order valence-corrected chi connectivity index (χ2v) is 6.11. The number of nitrogens with zero attached hydrogens (tertiary/aromatic N) is 3. The van der Waals surface area contributed by atoms with E-state index in [4.69, 9.17) is 23.2 Å². The molecular formula is C13H15Cl2N3. The van der Waals surface area contributed by atoms with E-state index in [1.807, 2.05) is 6.07 Å². The number of halogens is 2. The molecule has 3 nitrogen and oxygen atoms in total. The van der Waals surface area contributed by atoms with Crippen LogP contribution in [0, 0.1) is 5.41 Å². The van der Waals surface area contributed by atoms with Crippen LogP contribution in [0.3, 0.4) is 0 Å². The van der Waals surface area contributed by atoms with E-state index < -0.39 is 0 Å². The molecular weight excluding hydrogens is 269 g/mol. The van der Waals surface area contributed by atoms with Crippen molar-refractivity contribution in [2.75, 3.05) is 0 Å². The smallest absolute Gasteiger partial charge is 0.160 e. The maximum Gasteiger partial charge on any atom is 0.160 e. The van der Waals surface area contributed by atoms with Gasteiger partial charge in [-0.2, -0.15) is 0 Å². The van der Waals surface area contributed by atoms with E-state index in [1.54, 1.807) is 6.20 Å². The summed E-state index contributed by atoms with van der Waals surface area (Å²) in [6, 6.07) is 1.85. The van der Waals surface area contributed by atoms with E-state index in [1.165, 1.54) is 19.3 Å². The molecule has 0 bridgehead atoms. The van der Waals surface area contributed by atoms with E-state index in [-0.39, 0.29) is 0 Å². The van der Waals surface area contributed by atoms with Crippen molar-refractivity contribution in [2.45, 2.75) is 38.6 Å². The van der Waals surface area contributed by atoms with Crippen LogP contribution in [0.5, 0.6) is 0 Å². The number of pyridine rings is 1. The zero-order chi connectivity index (χ0) is 12.8. The zero-order valence-corrected chi connectivity index (χ0v) is 11.8. The van der Waals surface area contributed by atoms with Gasteiger partial charge in [-0.1, -0.05) is 24.9 Å². The van der Waals surface area contributed by atoms with Crippen molar-refractivity contribution in [2.24, 2.45) is 5.41 Å². The zero-order valence-electron chi connectivity index (χ0n) is 10.3. The summed E-state index contributed by atoms with van der Waals surface area (Å²) in [6.45, 7) is 3.26. The average molecular weight is 284 g/mol. The highest BCUT2D eigenvalue weighted by Crippen LogP contribution is 2.42. The van der Waals surface area contributed by atoms with Crippen LogP contribution in [-0.4, -0.2) is 14.5 Å². The van der Waals surface area contributed by atoms with E-state index in [9.17, 15) is 0 Å². The fourth-order valence-electron chi connectivity index (χ4n) is 2.62. The van der Waals surface area contributed by atoms with Crippen LogP contribution in [0.15, 0.2) is 12.3 Å². The Balaban J connectivity index is 2.07. The summed E-state index contributed by atoms with van der Waals surface area (Å²) in [5.74, 6) is 1.29. The molecule has 0 N–H and O–H groups in total. The van der Waals surface area contributed by atoms with Crippen LogP contribution < -0.4 is 0 Å². The van der Waals surface area contributed by atoms with Gasteiger partial charge in [0.2, 0.25) is 0 Å². The van der Waals surface area contributed by atoms with Gasteiger partial charge in [-0.3, -0.25) is 0 Å². The number of aromatic nitrogens is 3. The fraction of sp³-hybridized carbons (Fsp3) is 0.538. The van der Waals surface area contributed by atoms with Crippen molar-refractivity contribution < 1.29 is 0 Å². The van der Waals surface area contributed by atoms with Gasteiger partial charge in [0, 0.05) is 12.7 Å². The Morgan fingerprint density at radius 2 is 2.22 bits per heavy atom. The minimum absolute atomic E-state index is 0.371. The maximum atomic E-state index is 5.99. The van der Waals surface area contributed by atoms with Crippen LogP contribution in [0.2, 0.25) is 5.02 Å². The van der Waals surface area contributed by atoms with Gasteiger partial charge >= 0.3 is 0 Å². The molecule has 0 aliphatic heterocycles. The normalized spacial score (nSPS) is 17.9. The lowest BCUT2D eigenvalue weighted by molar-refractivity contribution is 0.132. The minimum Gasteiger partial charge on any atom is -0.311 e. The molecule has 0 radical (unpaired) electrons. The predicted octanol–water partition coefficient (Wildman–Crippen LogP) is 4.01. The van der Waals surface area contributed by atoms with Crippen LogP contribution in [0.1, 0.15) is 32.0 Å². The molecule has 5 heteroatoms. The second-order valence-electron chi connectivity index (χ2n) is 5.41. The quantitative estimate of drug-likeness (QED) is 0.797. The van der Waals surface area contributed by atoms with Crippen molar-refractivity contribution in [1.82, 2.24) is 14.5 Å². The molecule has 1 aliphatic carbocycles. The Morgan fingerprint density at radius 1 is 1.44 bits per heavy atom. The van der Waals surface area contributed by atoms with Crippen molar-refractivity contribution in [3.8, 4) is 0 Å². The summed E-state index contributed by atoms with van der Waals surface area (Å²) >= 11 is 11.9. The average Bonchev–Trinajstić information content (AvgIpc) is 2.64. The molecule has 96 valence electrons. The van der Waals surface area contributed by atoms with Gasteiger partial charge in [-0.15, -0.1) is 11.6 Å². The molecule has 0 aromatic carbocycles. The molecule has 0 unspecified atom stereocenters. The third kappa shape index (κ3) is 1.99. The SMILES string of the molecule is CC1(Cn2c(CCl)nc3cc(Cl)cnc32)CCC1. The van der Waals surface area contributed by atoms with Gasteiger partial charge in [-0.25, -0.2) is 9.97 Å². The number of rotatable bonds is 3. The molecule has 1 fully saturated rings. The van der Waals surface area contributed by atoms with Gasteiger partial charge in [-0.05, 0) is 24.3 Å². The predicted molar refractivity (Wildman–Crippen MR) is 74.1 cm³/mol. The standard InChI is InChI=1S/C13H15Cl2N3/c1-13(3-2-4-13)8-18-11(6-14)17-10-5-9(15)7-16-12(10)18/h5,7H,2-4,6,8H2,1H3. The Bertz CT molecular complexity index is 587. The van der Waals surface area contributed by atoms with Crippen LogP contribution in [0.4, 0.5) is 0 Å². The van der Waals surface area contributed by atoms with Crippen molar-refractivity contribution in [3.63, 3.8) is 0 Å². The lowest BCUT2D eigenvalue weighted by Gasteiger charge is -2.38. The van der Waals surface area contributed by atoms with E-state index >= 15 is 0 Å². The van der Waals surface area contributed by atoms with Crippen molar-refractivity contribution >= 4 is 34.4 Å². The summed E-state index contributed by atoms with van der Waals surface area (Å²) in [5.41, 5.74) is 2.10. The highest BCUT2D eigenvalue weighted by molar-refractivity contribution is 6.31. The first-order valence-corrected chi connectivity index (χ1v) is 7.09. The number of imidazole rings is 1. The first-order chi connectivity index (χ1) is 8.61. The first kappa shape index (κ1) is 12.2. The van der Waals surface area contributed by atoms with Gasteiger partial charge in [0.25, 0.3) is 0 Å². The lowest BCUT2D eigenvalue weighted by atomic mass is 9.70. The van der Waals surface area contributed by atoms with Crippen molar-refractivity contribution in [3.05, 3.63) is 23.1 Å². The summed E-state index contributed by atoms with van der Waals surface area (Å²) in [4.78, 5) is 8.92. The number of fused-ring (bicyclic) bond motifs is 1. The van der Waals surface area contributed by atoms with E-state index in [0.717, 1.165) is 23.5 Å². The molecule has 0 saturated heterocycles. The Kier molecular flexibility index (Phi) is 2.99. The van der Waals surface area contributed by atoms with Gasteiger partial charge in [0.15, 0.2) is 5.65 Å². The monoisotopic (exact) mass is 283 g/mol. The molecule has 1 aliphatic rings. The summed E-state index contributed by atoms with van der Waals surface area (Å²) in [7, 11) is 0. The summed E-state index contributed by atoms with van der Waals surface area (Å²) in [6.07, 6.45) is 5.52. The number of hydrogen-bond acceptors (Lipinski definition) is 2. The third-order valence-electron chi connectivity index (χ3n) is 3.85. The molecule has 2 aromatic heterocycles. The van der Waals surface area contributed by atoms with Gasteiger partial charge < -0.3 is 4.57 Å². The largest absolute Gasteiger partial charge is 0.311 e. The summed E-state index contributed by atoms with van der Waals surface area (Å²) in [5, 5.41) is 0.614. The van der Waals surface area contributed by atoms with E-state index in [0.29, 0.717) is 16.3 Å². The molecule has 3 rings (SSSR count). The Labute approximate surface area is 116 Å². The van der Waals surface area contributed by atoms with Crippen LogP contribution in [-0.2, 0) is 12.4 Å². The molecule has 2 aromatic rings. The van der Waals surface area contributed by atoms with Crippen LogP contribution >= 0.6 is 23.2 Å². The highest BCUT2D eigenvalue weighted by atomic mass is 35.5. The fourth-order valence-corrected chi connectivity index (χ4v) is 2.98. The van der Waals surface area contributed by atoms with Crippen molar-refractivity contribution in [1.29, 1.82) is 0 Å². The molecule has 0 amide bonds. The molecule has 0 atom stereocenters. The second kappa shape index (κ2) is 4.39. The highest BCUT2D eigenvalue weighted by Gasteiger charge is 2.33. The lowest BCUT2D eigenvalue weighted by Crippen LogP contribution is -2.31. The molecule has 1 saturated carbocycles. The molecule has 2 heterocycles. The first-order valence-electron chi connectivity index (χ1n) is 6.18. The topological polar surface area (TPSA) is 30.7 Å². The van der Waals surface area contributed by atoms with Gasteiger partial charge in [0.05, 0.1) is 10.9 Å². The Hall–Kier alpha value is -0.800. The van der Waals surface area contributed by atoms with E-state index in [2.05, 4.69) is 21.5 Å². The maximum absolute atomic E-state index is 5.99. The third-order valence-corrected chi connectivity index (χ3v) is 4.30. The van der Waals surface area contributed by atoms with Gasteiger partial charge in [0.1, 0.15) is 11.3 Å². The minimum atomic E-state index is 0.371. The molecule has 0 spiro atoms. The summed E-state index contributed by atoms with van der Waals surface area (Å²) < 4.78 is 2.15. The molecule has 18 heavy (non-hydrogen) atoms. The van der Waals surface area contributed by atoms with Crippen LogP contribution in [0.25, 0.3) is 11.2 Å². The number of alkyl halides is 1. The Morgan fingerprint density at radius 3 is 2.83 bits per heavy atom. The number of hydrogen-bond donors (Lipinski definition) is 0.